The van der Waals surface area contributed by atoms with Crippen LogP contribution in [0.4, 0.5) is 0 Å². The van der Waals surface area contributed by atoms with Crippen LogP contribution in [-0.4, -0.2) is 26.4 Å². The number of hydrogen-bond donors (Lipinski definition) is 1. The van der Waals surface area contributed by atoms with Crippen molar-refractivity contribution in [2.24, 2.45) is 4.99 Å². The van der Waals surface area contributed by atoms with E-state index in [9.17, 15) is 4.79 Å². The topological polar surface area (TPSA) is 61.5 Å². The summed E-state index contributed by atoms with van der Waals surface area (Å²) in [5.41, 5.74) is 5.29. The summed E-state index contributed by atoms with van der Waals surface area (Å²) in [6, 6.07) is 7.81. The van der Waals surface area contributed by atoms with Gasteiger partial charge < -0.3 is 4.57 Å². The fourth-order valence-corrected chi connectivity index (χ4v) is 4.19. The number of amidine groups is 2. The number of nitrogens with one attached hydrogen (secondary N) is 1. The molecule has 2 aliphatic rings. The Kier molecular flexibility index (Phi) is 4.32. The van der Waals surface area contributed by atoms with Crippen molar-refractivity contribution >= 4 is 46.3 Å². The van der Waals surface area contributed by atoms with Crippen LogP contribution < -0.4 is 0 Å². The summed E-state index contributed by atoms with van der Waals surface area (Å²) >= 11 is 7.54. The van der Waals surface area contributed by atoms with Gasteiger partial charge in [0, 0.05) is 28.3 Å². The molecule has 3 heterocycles. The Morgan fingerprint density at radius 2 is 2.00 bits per heavy atom. The zero-order chi connectivity index (χ0) is 19.3. The number of halogens is 1. The molecule has 2 aromatic rings. The van der Waals surface area contributed by atoms with Gasteiger partial charge in [-0.25, -0.2) is 0 Å². The SMILES string of the molecule is Cc1ccc(Cl)cc1-n1c(C)cc(/C=C2/C(=N)N3C=CSC3=NC2=O)c1C. The van der Waals surface area contributed by atoms with Gasteiger partial charge in [0.15, 0.2) is 5.17 Å². The number of aliphatic imine (C=N–C) groups is 1. The van der Waals surface area contributed by atoms with Gasteiger partial charge in [-0.05, 0) is 61.6 Å². The zero-order valence-corrected chi connectivity index (χ0v) is 16.6. The number of amides is 1. The van der Waals surface area contributed by atoms with E-state index in [1.54, 1.807) is 17.2 Å². The third-order valence-corrected chi connectivity index (χ3v) is 5.69. The number of carbonyl (C=O) groups is 1. The number of nitrogens with zero attached hydrogens (tertiary/aromatic N) is 3. The van der Waals surface area contributed by atoms with Crippen LogP contribution in [-0.2, 0) is 4.79 Å². The van der Waals surface area contributed by atoms with Gasteiger partial charge in [-0.15, -0.1) is 0 Å². The first-order valence-corrected chi connectivity index (χ1v) is 9.64. The van der Waals surface area contributed by atoms with Gasteiger partial charge in [-0.1, -0.05) is 29.4 Å². The highest BCUT2D eigenvalue weighted by atomic mass is 35.5. The van der Waals surface area contributed by atoms with Crippen LogP contribution in [0.2, 0.25) is 5.02 Å². The first-order chi connectivity index (χ1) is 12.9. The lowest BCUT2D eigenvalue weighted by atomic mass is 10.1. The van der Waals surface area contributed by atoms with Crippen LogP contribution in [0.15, 0.2) is 46.4 Å². The van der Waals surface area contributed by atoms with Gasteiger partial charge in [-0.2, -0.15) is 4.99 Å². The van der Waals surface area contributed by atoms with E-state index in [0.29, 0.717) is 10.2 Å². The monoisotopic (exact) mass is 396 g/mol. The molecule has 2 aliphatic heterocycles. The van der Waals surface area contributed by atoms with E-state index in [-0.39, 0.29) is 17.3 Å². The summed E-state index contributed by atoms with van der Waals surface area (Å²) in [5, 5.41) is 11.4. The molecule has 0 saturated carbocycles. The normalized spacial score (nSPS) is 17.7. The van der Waals surface area contributed by atoms with E-state index >= 15 is 0 Å². The molecular formula is C20H17ClN4OS. The van der Waals surface area contributed by atoms with E-state index in [2.05, 4.69) is 9.56 Å². The molecule has 1 N–H and O–H groups in total. The lowest BCUT2D eigenvalue weighted by molar-refractivity contribution is -0.114. The van der Waals surface area contributed by atoms with E-state index in [0.717, 1.165) is 28.2 Å². The molecule has 1 aromatic heterocycles. The molecule has 7 heteroatoms. The number of rotatable bonds is 2. The fraction of sp³-hybridized carbons (Fsp3) is 0.150. The Bertz CT molecular complexity index is 1090. The van der Waals surface area contributed by atoms with Crippen molar-refractivity contribution in [2.75, 3.05) is 0 Å². The van der Waals surface area contributed by atoms with Crippen molar-refractivity contribution in [1.29, 1.82) is 5.41 Å². The Hall–Kier alpha value is -2.57. The van der Waals surface area contributed by atoms with Gasteiger partial charge in [-0.3, -0.25) is 15.1 Å². The first kappa shape index (κ1) is 17.8. The third-order valence-electron chi connectivity index (χ3n) is 4.70. The molecule has 0 bridgehead atoms. The quantitative estimate of drug-likeness (QED) is 0.739. The van der Waals surface area contributed by atoms with Crippen molar-refractivity contribution in [3.63, 3.8) is 0 Å². The Morgan fingerprint density at radius 3 is 2.78 bits per heavy atom. The molecule has 0 unspecified atom stereocenters. The smallest absolute Gasteiger partial charge is 0.283 e. The molecule has 5 nitrogen and oxygen atoms in total. The van der Waals surface area contributed by atoms with Crippen LogP contribution >= 0.6 is 23.4 Å². The predicted octanol–water partition coefficient (Wildman–Crippen LogP) is 4.83. The summed E-state index contributed by atoms with van der Waals surface area (Å²) in [6.45, 7) is 6.05. The summed E-state index contributed by atoms with van der Waals surface area (Å²) in [6.07, 6.45) is 3.51. The average Bonchev–Trinajstić information content (AvgIpc) is 3.19. The van der Waals surface area contributed by atoms with Crippen LogP contribution in [0.5, 0.6) is 0 Å². The number of benzene rings is 1. The molecule has 4 rings (SSSR count). The predicted molar refractivity (Wildman–Crippen MR) is 112 cm³/mol. The summed E-state index contributed by atoms with van der Waals surface area (Å²) in [5.74, 6) is -0.235. The average molecular weight is 397 g/mol. The fourth-order valence-electron chi connectivity index (χ4n) is 3.31. The molecule has 1 aromatic carbocycles. The largest absolute Gasteiger partial charge is 0.318 e. The van der Waals surface area contributed by atoms with Crippen molar-refractivity contribution in [3.05, 3.63) is 69.0 Å². The van der Waals surface area contributed by atoms with Gasteiger partial charge in [0.2, 0.25) is 0 Å². The van der Waals surface area contributed by atoms with E-state index < -0.39 is 0 Å². The second-order valence-electron chi connectivity index (χ2n) is 6.47. The third kappa shape index (κ3) is 2.95. The highest BCUT2D eigenvalue weighted by molar-refractivity contribution is 8.16. The molecule has 0 spiro atoms. The van der Waals surface area contributed by atoms with Crippen LogP contribution in [0.3, 0.4) is 0 Å². The van der Waals surface area contributed by atoms with Gasteiger partial charge in [0.05, 0.1) is 5.57 Å². The number of aromatic nitrogens is 1. The highest BCUT2D eigenvalue weighted by Crippen LogP contribution is 2.30. The number of fused-ring (bicyclic) bond motifs is 1. The lowest BCUT2D eigenvalue weighted by Gasteiger charge is -2.22. The summed E-state index contributed by atoms with van der Waals surface area (Å²) in [7, 11) is 0. The second-order valence-corrected chi connectivity index (χ2v) is 7.78. The zero-order valence-electron chi connectivity index (χ0n) is 15.1. The Morgan fingerprint density at radius 1 is 1.22 bits per heavy atom. The molecule has 0 saturated heterocycles. The van der Waals surface area contributed by atoms with Crippen LogP contribution in [0, 0.1) is 26.2 Å². The molecule has 136 valence electrons. The first-order valence-electron chi connectivity index (χ1n) is 8.38. The second kappa shape index (κ2) is 6.55. The molecular weight excluding hydrogens is 380 g/mol. The number of thioether (sulfide) groups is 1. The summed E-state index contributed by atoms with van der Waals surface area (Å²) in [4.78, 5) is 18.1. The molecule has 27 heavy (non-hydrogen) atoms. The number of carbonyl (C=O) groups excluding carboxylic acids is 1. The van der Waals surface area contributed by atoms with Crippen molar-refractivity contribution in [3.8, 4) is 5.69 Å². The van der Waals surface area contributed by atoms with Crippen LogP contribution in [0.25, 0.3) is 11.8 Å². The number of hydrogen-bond acceptors (Lipinski definition) is 3. The lowest BCUT2D eigenvalue weighted by Crippen LogP contribution is -2.35. The highest BCUT2D eigenvalue weighted by Gasteiger charge is 2.31. The van der Waals surface area contributed by atoms with Crippen molar-refractivity contribution in [2.45, 2.75) is 20.8 Å². The maximum absolute atomic E-state index is 12.4. The van der Waals surface area contributed by atoms with Crippen LogP contribution in [0.1, 0.15) is 22.5 Å². The van der Waals surface area contributed by atoms with Gasteiger partial charge in [0.1, 0.15) is 5.84 Å². The molecule has 0 aliphatic carbocycles. The summed E-state index contributed by atoms with van der Waals surface area (Å²) < 4.78 is 2.12. The molecule has 0 radical (unpaired) electrons. The maximum Gasteiger partial charge on any atom is 0.283 e. The molecule has 1 amide bonds. The van der Waals surface area contributed by atoms with E-state index in [4.69, 9.17) is 17.0 Å². The minimum atomic E-state index is -0.383. The maximum atomic E-state index is 12.4. The Labute approximate surface area is 166 Å². The molecule has 0 atom stereocenters. The molecule has 0 fully saturated rings. The minimum Gasteiger partial charge on any atom is -0.318 e. The van der Waals surface area contributed by atoms with Crippen molar-refractivity contribution in [1.82, 2.24) is 9.47 Å². The minimum absolute atomic E-state index is 0.148. The van der Waals surface area contributed by atoms with Crippen molar-refractivity contribution < 1.29 is 4.79 Å². The van der Waals surface area contributed by atoms with E-state index in [1.165, 1.54) is 11.8 Å². The standard InChI is InChI=1S/C20H17ClN4OS/c1-11-4-5-15(21)10-17(11)25-12(2)8-14(13(25)3)9-16-18(22)24-6-7-27-20(24)23-19(16)26/h4-10,22H,1-3H3/b16-9-,22-18?. The van der Waals surface area contributed by atoms with E-state index in [1.807, 2.05) is 50.4 Å². The van der Waals surface area contributed by atoms with Gasteiger partial charge >= 0.3 is 0 Å². The Balaban J connectivity index is 1.82. The number of aryl methyl sites for hydroxylation is 2. The van der Waals surface area contributed by atoms with Gasteiger partial charge in [0.25, 0.3) is 5.91 Å².